The molecule has 0 amide bonds. The minimum atomic E-state index is 0.471. The number of hydrogen-bond donors (Lipinski definition) is 1. The fraction of sp³-hybridized carbons (Fsp3) is 0.545. The van der Waals surface area contributed by atoms with Crippen LogP contribution in [0.1, 0.15) is 25.6 Å². The molecule has 6 nitrogen and oxygen atoms in total. The van der Waals surface area contributed by atoms with Crippen molar-refractivity contribution in [2.24, 2.45) is 0 Å². The average molecular weight is 444 g/mol. The van der Waals surface area contributed by atoms with E-state index in [-0.39, 0.29) is 0 Å². The molecule has 0 unspecified atom stereocenters. The van der Waals surface area contributed by atoms with Gasteiger partial charge in [-0.1, -0.05) is 13.0 Å². The molecule has 5 heterocycles. The van der Waals surface area contributed by atoms with Gasteiger partial charge in [-0.05, 0) is 30.8 Å². The van der Waals surface area contributed by atoms with Gasteiger partial charge in [0.05, 0.1) is 25.1 Å². The number of likely N-dealkylation sites (tertiary alicyclic amines) is 1. The van der Waals surface area contributed by atoms with Crippen molar-refractivity contribution in [1.82, 2.24) is 19.8 Å². The van der Waals surface area contributed by atoms with Gasteiger partial charge in [0.1, 0.15) is 16.5 Å². The molecule has 1 N–H and O–H groups in total. The fourth-order valence-corrected chi connectivity index (χ4v) is 6.10. The van der Waals surface area contributed by atoms with Crippen molar-refractivity contribution in [3.05, 3.63) is 28.7 Å². The Labute approximate surface area is 185 Å². The van der Waals surface area contributed by atoms with Crippen LogP contribution in [0.4, 0.5) is 5.82 Å². The van der Waals surface area contributed by atoms with E-state index < -0.39 is 0 Å². The van der Waals surface area contributed by atoms with Gasteiger partial charge < -0.3 is 15.0 Å². The van der Waals surface area contributed by atoms with E-state index in [0.717, 1.165) is 81.8 Å². The average Bonchev–Trinajstić information content (AvgIpc) is 3.45. The Morgan fingerprint density at radius 3 is 2.67 bits per heavy atom. The van der Waals surface area contributed by atoms with Crippen molar-refractivity contribution in [1.29, 1.82) is 0 Å². The first-order valence-corrected chi connectivity index (χ1v) is 12.7. The zero-order valence-corrected chi connectivity index (χ0v) is 19.1. The van der Waals surface area contributed by atoms with E-state index in [0.29, 0.717) is 6.04 Å². The highest BCUT2D eigenvalue weighted by molar-refractivity contribution is 7.18. The molecule has 0 spiro atoms. The van der Waals surface area contributed by atoms with E-state index in [1.165, 1.54) is 15.8 Å². The van der Waals surface area contributed by atoms with Gasteiger partial charge in [-0.3, -0.25) is 4.90 Å². The molecule has 160 valence electrons. The molecule has 5 rings (SSSR count). The minimum absolute atomic E-state index is 0.471. The van der Waals surface area contributed by atoms with Crippen LogP contribution in [0.25, 0.3) is 20.7 Å². The van der Waals surface area contributed by atoms with Crippen molar-refractivity contribution in [2.75, 3.05) is 51.3 Å². The monoisotopic (exact) mass is 443 g/mol. The van der Waals surface area contributed by atoms with Crippen molar-refractivity contribution >= 4 is 38.7 Å². The van der Waals surface area contributed by atoms with Crippen LogP contribution in [-0.2, 0) is 11.3 Å². The summed E-state index contributed by atoms with van der Waals surface area (Å²) in [4.78, 5) is 17.3. The molecular weight excluding hydrogens is 414 g/mol. The Bertz CT molecular complexity index is 959. The summed E-state index contributed by atoms with van der Waals surface area (Å²) in [5.74, 6) is 1.93. The lowest BCUT2D eigenvalue weighted by atomic mass is 10.0. The van der Waals surface area contributed by atoms with Crippen molar-refractivity contribution in [3.63, 3.8) is 0 Å². The summed E-state index contributed by atoms with van der Waals surface area (Å²) in [6, 6.07) is 4.78. The molecular formula is C22H29N5OS2. The van der Waals surface area contributed by atoms with Crippen molar-refractivity contribution in [3.8, 4) is 10.4 Å². The van der Waals surface area contributed by atoms with Gasteiger partial charge in [-0.2, -0.15) is 0 Å². The number of nitrogens with zero attached hydrogens (tertiary/aromatic N) is 4. The molecule has 3 aromatic rings. The lowest BCUT2D eigenvalue weighted by molar-refractivity contribution is 0.0331. The number of nitrogens with one attached hydrogen (secondary N) is 1. The van der Waals surface area contributed by atoms with E-state index in [4.69, 9.17) is 14.7 Å². The third-order valence-electron chi connectivity index (χ3n) is 6.11. The lowest BCUT2D eigenvalue weighted by Crippen LogP contribution is -2.39. The highest BCUT2D eigenvalue weighted by Gasteiger charge is 2.22. The highest BCUT2D eigenvalue weighted by Crippen LogP contribution is 2.39. The minimum Gasteiger partial charge on any atom is -0.379 e. The van der Waals surface area contributed by atoms with Gasteiger partial charge in [0.15, 0.2) is 0 Å². The molecule has 0 bridgehead atoms. The lowest BCUT2D eigenvalue weighted by Gasteiger charge is -2.32. The maximum absolute atomic E-state index is 5.50. The second-order valence-electron chi connectivity index (χ2n) is 8.04. The van der Waals surface area contributed by atoms with Gasteiger partial charge in [0, 0.05) is 48.0 Å². The highest BCUT2D eigenvalue weighted by atomic mass is 32.1. The molecule has 8 heteroatoms. The van der Waals surface area contributed by atoms with Crippen LogP contribution in [0.15, 0.2) is 22.9 Å². The second-order valence-corrected chi connectivity index (χ2v) is 9.84. The molecule has 3 aromatic heterocycles. The summed E-state index contributed by atoms with van der Waals surface area (Å²) in [6.07, 6.45) is 2.33. The first kappa shape index (κ1) is 20.3. The SMILES string of the molecule is CCN1CCC(Nc2nc(CN3CCOCC3)nc3scc(-c4cccs4)c23)CC1. The summed E-state index contributed by atoms with van der Waals surface area (Å²) < 4.78 is 5.50. The summed E-state index contributed by atoms with van der Waals surface area (Å²) in [7, 11) is 0. The molecule has 0 aliphatic carbocycles. The third-order valence-corrected chi connectivity index (χ3v) is 7.89. The number of fused-ring (bicyclic) bond motifs is 1. The fourth-order valence-electron chi connectivity index (χ4n) is 4.32. The van der Waals surface area contributed by atoms with Crippen LogP contribution < -0.4 is 5.32 Å². The van der Waals surface area contributed by atoms with Crippen LogP contribution in [-0.4, -0.2) is 71.7 Å². The quantitative estimate of drug-likeness (QED) is 0.618. The number of piperidine rings is 1. The largest absolute Gasteiger partial charge is 0.379 e. The number of rotatable bonds is 6. The maximum Gasteiger partial charge on any atom is 0.146 e. The molecule has 30 heavy (non-hydrogen) atoms. The second kappa shape index (κ2) is 9.28. The molecule has 2 aliphatic rings. The van der Waals surface area contributed by atoms with Gasteiger partial charge in [0.25, 0.3) is 0 Å². The van der Waals surface area contributed by atoms with Gasteiger partial charge in [-0.25, -0.2) is 9.97 Å². The van der Waals surface area contributed by atoms with Gasteiger partial charge in [-0.15, -0.1) is 22.7 Å². The Morgan fingerprint density at radius 2 is 1.93 bits per heavy atom. The van der Waals surface area contributed by atoms with Crippen LogP contribution >= 0.6 is 22.7 Å². The molecule has 0 aromatic carbocycles. The third kappa shape index (κ3) is 4.38. The predicted octanol–water partition coefficient (Wildman–Crippen LogP) is 4.15. The van der Waals surface area contributed by atoms with Crippen LogP contribution in [0.3, 0.4) is 0 Å². The molecule has 2 saturated heterocycles. The normalized spacial score (nSPS) is 19.5. The van der Waals surface area contributed by atoms with Crippen LogP contribution in [0.2, 0.25) is 0 Å². The maximum atomic E-state index is 5.50. The molecule has 2 aliphatic heterocycles. The van der Waals surface area contributed by atoms with Crippen LogP contribution in [0.5, 0.6) is 0 Å². The number of anilines is 1. The standard InChI is InChI=1S/C22H29N5OS2/c1-2-26-7-5-16(6-8-26)23-21-20-17(18-4-3-13-29-18)15-30-22(20)25-19(24-21)14-27-9-11-28-12-10-27/h3-4,13,15-16H,2,5-12,14H2,1H3,(H,23,24,25). The topological polar surface area (TPSA) is 53.5 Å². The first-order chi connectivity index (χ1) is 14.8. The number of ether oxygens (including phenoxy) is 1. The van der Waals surface area contributed by atoms with E-state index >= 15 is 0 Å². The molecule has 2 fully saturated rings. The van der Waals surface area contributed by atoms with Crippen molar-refractivity contribution in [2.45, 2.75) is 32.4 Å². The van der Waals surface area contributed by atoms with Crippen LogP contribution in [0, 0.1) is 0 Å². The summed E-state index contributed by atoms with van der Waals surface area (Å²) in [5, 5.41) is 9.39. The number of aromatic nitrogens is 2. The molecule has 0 atom stereocenters. The Morgan fingerprint density at radius 1 is 1.10 bits per heavy atom. The predicted molar refractivity (Wildman–Crippen MR) is 126 cm³/mol. The first-order valence-electron chi connectivity index (χ1n) is 10.9. The van der Waals surface area contributed by atoms with E-state index in [2.05, 4.69) is 44.9 Å². The van der Waals surface area contributed by atoms with E-state index in [1.807, 2.05) is 0 Å². The molecule has 0 saturated carbocycles. The van der Waals surface area contributed by atoms with E-state index in [9.17, 15) is 0 Å². The number of thiophene rings is 2. The van der Waals surface area contributed by atoms with Crippen molar-refractivity contribution < 1.29 is 4.74 Å². The Hall–Kier alpha value is -1.58. The smallest absolute Gasteiger partial charge is 0.146 e. The zero-order chi connectivity index (χ0) is 20.3. The van der Waals surface area contributed by atoms with E-state index in [1.54, 1.807) is 22.7 Å². The Balaban J connectivity index is 1.46. The summed E-state index contributed by atoms with van der Waals surface area (Å²) in [6.45, 7) is 9.98. The Kier molecular flexibility index (Phi) is 6.29. The number of hydrogen-bond acceptors (Lipinski definition) is 8. The van der Waals surface area contributed by atoms with Gasteiger partial charge in [0.2, 0.25) is 0 Å². The number of morpholine rings is 1. The molecule has 0 radical (unpaired) electrons. The zero-order valence-electron chi connectivity index (χ0n) is 17.5. The summed E-state index contributed by atoms with van der Waals surface area (Å²) in [5.41, 5.74) is 1.26. The van der Waals surface area contributed by atoms with Gasteiger partial charge >= 0.3 is 0 Å². The summed E-state index contributed by atoms with van der Waals surface area (Å²) >= 11 is 3.51.